The van der Waals surface area contributed by atoms with Crippen LogP contribution in [0.25, 0.3) is 21.9 Å². The summed E-state index contributed by atoms with van der Waals surface area (Å²) in [5.41, 5.74) is 5.06. The molecule has 0 spiro atoms. The zero-order chi connectivity index (χ0) is 15.5. The van der Waals surface area contributed by atoms with E-state index in [1.165, 1.54) is 33.0 Å². The average molecular weight is 295 g/mol. The van der Waals surface area contributed by atoms with Crippen molar-refractivity contribution < 1.29 is 0 Å². The van der Waals surface area contributed by atoms with Crippen LogP contribution in [-0.4, -0.2) is 4.98 Å². The first kappa shape index (κ1) is 13.7. The van der Waals surface area contributed by atoms with Crippen LogP contribution in [0.15, 0.2) is 91.3 Å². The summed E-state index contributed by atoms with van der Waals surface area (Å²) in [5.74, 6) is 0. The van der Waals surface area contributed by atoms with E-state index in [0.29, 0.717) is 0 Å². The van der Waals surface area contributed by atoms with Gasteiger partial charge in [-0.05, 0) is 28.5 Å². The molecular formula is C22H17N. The van der Waals surface area contributed by atoms with E-state index in [2.05, 4.69) is 77.8 Å². The number of aromatic nitrogens is 1. The zero-order valence-electron chi connectivity index (χ0n) is 12.8. The molecule has 0 bridgehead atoms. The molecular weight excluding hydrogens is 278 g/mol. The Bertz CT molecular complexity index is 928. The Hall–Kier alpha value is -2.93. The van der Waals surface area contributed by atoms with Gasteiger partial charge >= 0.3 is 0 Å². The molecule has 3 aromatic carbocycles. The molecule has 1 aromatic heterocycles. The molecule has 0 fully saturated rings. The van der Waals surface area contributed by atoms with Crippen LogP contribution in [0.4, 0.5) is 0 Å². The molecule has 0 aliphatic carbocycles. The second kappa shape index (κ2) is 6.05. The lowest BCUT2D eigenvalue weighted by Gasteiger charge is -2.09. The van der Waals surface area contributed by atoms with Crippen molar-refractivity contribution in [2.75, 3.05) is 0 Å². The zero-order valence-corrected chi connectivity index (χ0v) is 12.8. The summed E-state index contributed by atoms with van der Waals surface area (Å²) in [6, 6.07) is 27.7. The first-order valence-electron chi connectivity index (χ1n) is 7.86. The fourth-order valence-electron chi connectivity index (χ4n) is 3.00. The highest BCUT2D eigenvalue weighted by Crippen LogP contribution is 2.28. The minimum Gasteiger partial charge on any atom is -0.263 e. The predicted octanol–water partition coefficient (Wildman–Crippen LogP) is 5.49. The summed E-state index contributed by atoms with van der Waals surface area (Å²) in [6.45, 7) is 0. The molecule has 0 atom stereocenters. The number of hydrogen-bond donors (Lipinski definition) is 0. The Kier molecular flexibility index (Phi) is 3.61. The average Bonchev–Trinajstić information content (AvgIpc) is 2.63. The molecule has 1 heteroatoms. The van der Waals surface area contributed by atoms with Crippen molar-refractivity contribution in [3.05, 3.63) is 102 Å². The lowest BCUT2D eigenvalue weighted by atomic mass is 9.97. The van der Waals surface area contributed by atoms with Gasteiger partial charge in [0.1, 0.15) is 0 Å². The van der Waals surface area contributed by atoms with Gasteiger partial charge in [0.25, 0.3) is 0 Å². The number of hydrogen-bond acceptors (Lipinski definition) is 1. The van der Waals surface area contributed by atoms with Crippen LogP contribution >= 0.6 is 0 Å². The SMILES string of the molecule is c1ccc(Cc2ccc3cncc(-c4ccccc4)c3c2)cc1. The quantitative estimate of drug-likeness (QED) is 0.487. The topological polar surface area (TPSA) is 12.9 Å². The lowest BCUT2D eigenvalue weighted by molar-refractivity contribution is 1.20. The maximum absolute atomic E-state index is 4.40. The Balaban J connectivity index is 1.81. The fraction of sp³-hybridized carbons (Fsp3) is 0.0455. The number of rotatable bonds is 3. The van der Waals surface area contributed by atoms with Gasteiger partial charge in [0.05, 0.1) is 0 Å². The molecule has 1 nitrogen and oxygen atoms in total. The Morgan fingerprint density at radius 2 is 1.39 bits per heavy atom. The first-order chi connectivity index (χ1) is 11.4. The van der Waals surface area contributed by atoms with Gasteiger partial charge in [0.15, 0.2) is 0 Å². The third-order valence-electron chi connectivity index (χ3n) is 4.16. The van der Waals surface area contributed by atoms with Crippen LogP contribution < -0.4 is 0 Å². The van der Waals surface area contributed by atoms with E-state index < -0.39 is 0 Å². The summed E-state index contributed by atoms with van der Waals surface area (Å²) in [4.78, 5) is 4.40. The highest BCUT2D eigenvalue weighted by atomic mass is 14.6. The summed E-state index contributed by atoms with van der Waals surface area (Å²) in [6.07, 6.45) is 4.85. The summed E-state index contributed by atoms with van der Waals surface area (Å²) >= 11 is 0. The summed E-state index contributed by atoms with van der Waals surface area (Å²) in [7, 11) is 0. The monoisotopic (exact) mass is 295 g/mol. The van der Waals surface area contributed by atoms with E-state index in [1.807, 2.05) is 18.5 Å². The van der Waals surface area contributed by atoms with Crippen molar-refractivity contribution in [1.82, 2.24) is 4.98 Å². The molecule has 0 amide bonds. The summed E-state index contributed by atoms with van der Waals surface area (Å²) in [5, 5.41) is 2.45. The van der Waals surface area contributed by atoms with Gasteiger partial charge in [-0.2, -0.15) is 0 Å². The molecule has 110 valence electrons. The number of fused-ring (bicyclic) bond motifs is 1. The molecule has 0 aliphatic rings. The lowest BCUT2D eigenvalue weighted by Crippen LogP contribution is -1.90. The summed E-state index contributed by atoms with van der Waals surface area (Å²) < 4.78 is 0. The molecule has 1 heterocycles. The standard InChI is InChI=1S/C22H17N/c1-3-7-17(8-4-1)13-18-11-12-20-15-23-16-22(21(20)14-18)19-9-5-2-6-10-19/h1-12,14-16H,13H2. The van der Waals surface area contributed by atoms with Crippen molar-refractivity contribution in [1.29, 1.82) is 0 Å². The van der Waals surface area contributed by atoms with E-state index in [1.54, 1.807) is 0 Å². The molecule has 0 saturated carbocycles. The largest absolute Gasteiger partial charge is 0.263 e. The van der Waals surface area contributed by atoms with Crippen molar-refractivity contribution in [3.63, 3.8) is 0 Å². The van der Waals surface area contributed by atoms with Gasteiger partial charge in [0.2, 0.25) is 0 Å². The number of benzene rings is 3. The van der Waals surface area contributed by atoms with Gasteiger partial charge in [-0.25, -0.2) is 0 Å². The van der Waals surface area contributed by atoms with Gasteiger partial charge in [-0.1, -0.05) is 78.9 Å². The number of nitrogens with zero attached hydrogens (tertiary/aromatic N) is 1. The van der Waals surface area contributed by atoms with E-state index in [9.17, 15) is 0 Å². The van der Waals surface area contributed by atoms with Gasteiger partial charge < -0.3 is 0 Å². The van der Waals surface area contributed by atoms with Gasteiger partial charge in [0, 0.05) is 23.3 Å². The fourth-order valence-corrected chi connectivity index (χ4v) is 3.00. The highest BCUT2D eigenvalue weighted by molar-refractivity contribution is 5.96. The normalized spacial score (nSPS) is 10.8. The van der Waals surface area contributed by atoms with Crippen molar-refractivity contribution in [2.45, 2.75) is 6.42 Å². The molecule has 0 radical (unpaired) electrons. The molecule has 0 unspecified atom stereocenters. The van der Waals surface area contributed by atoms with Crippen molar-refractivity contribution in [3.8, 4) is 11.1 Å². The third-order valence-corrected chi connectivity index (χ3v) is 4.16. The smallest absolute Gasteiger partial charge is 0.0352 e. The number of pyridine rings is 1. The maximum Gasteiger partial charge on any atom is 0.0352 e. The minimum atomic E-state index is 0.952. The van der Waals surface area contributed by atoms with E-state index in [4.69, 9.17) is 0 Å². The second-order valence-corrected chi connectivity index (χ2v) is 5.77. The van der Waals surface area contributed by atoms with Crippen LogP contribution in [0.3, 0.4) is 0 Å². The first-order valence-corrected chi connectivity index (χ1v) is 7.86. The highest BCUT2D eigenvalue weighted by Gasteiger charge is 2.05. The van der Waals surface area contributed by atoms with Crippen LogP contribution in [0.1, 0.15) is 11.1 Å². The van der Waals surface area contributed by atoms with Gasteiger partial charge in [-0.15, -0.1) is 0 Å². The minimum absolute atomic E-state index is 0.952. The van der Waals surface area contributed by atoms with Crippen LogP contribution in [0.2, 0.25) is 0 Å². The van der Waals surface area contributed by atoms with Crippen LogP contribution in [0.5, 0.6) is 0 Å². The molecule has 0 aliphatic heterocycles. The molecule has 4 rings (SSSR count). The van der Waals surface area contributed by atoms with E-state index in [-0.39, 0.29) is 0 Å². The maximum atomic E-state index is 4.40. The predicted molar refractivity (Wildman–Crippen MR) is 96.4 cm³/mol. The third kappa shape index (κ3) is 2.86. The van der Waals surface area contributed by atoms with Crippen LogP contribution in [0, 0.1) is 0 Å². The Labute approximate surface area is 136 Å². The molecule has 0 N–H and O–H groups in total. The van der Waals surface area contributed by atoms with Gasteiger partial charge in [-0.3, -0.25) is 4.98 Å². The molecule has 4 aromatic rings. The Morgan fingerprint density at radius 3 is 2.17 bits per heavy atom. The Morgan fingerprint density at radius 1 is 0.652 bits per heavy atom. The molecule has 0 saturated heterocycles. The second-order valence-electron chi connectivity index (χ2n) is 5.77. The van der Waals surface area contributed by atoms with Crippen molar-refractivity contribution in [2.24, 2.45) is 0 Å². The molecule has 23 heavy (non-hydrogen) atoms. The van der Waals surface area contributed by atoms with E-state index >= 15 is 0 Å². The van der Waals surface area contributed by atoms with Crippen LogP contribution in [-0.2, 0) is 6.42 Å². The van der Waals surface area contributed by atoms with Crippen molar-refractivity contribution >= 4 is 10.8 Å². The van der Waals surface area contributed by atoms with E-state index in [0.717, 1.165) is 6.42 Å².